The van der Waals surface area contributed by atoms with Crippen molar-refractivity contribution in [2.45, 2.75) is 44.4 Å². The molecule has 2 aromatic rings. The number of anilines is 3. The maximum atomic E-state index is 12.9. The van der Waals surface area contributed by atoms with Gasteiger partial charge in [-0.05, 0) is 31.7 Å². The van der Waals surface area contributed by atoms with Gasteiger partial charge in [-0.3, -0.25) is 0 Å². The number of nitrogens with zero attached hydrogens (tertiary/aromatic N) is 5. The maximum absolute atomic E-state index is 12.9. The fourth-order valence-electron chi connectivity index (χ4n) is 5.54. The lowest BCUT2D eigenvalue weighted by molar-refractivity contribution is -0.0494. The second-order valence-electron chi connectivity index (χ2n) is 9.75. The summed E-state index contributed by atoms with van der Waals surface area (Å²) in [7, 11) is 0. The van der Waals surface area contributed by atoms with Crippen LogP contribution in [0, 0.1) is 5.41 Å². The highest BCUT2D eigenvalue weighted by Crippen LogP contribution is 2.41. The molecule has 0 aliphatic carbocycles. The van der Waals surface area contributed by atoms with Crippen LogP contribution in [0.3, 0.4) is 0 Å². The zero-order valence-electron chi connectivity index (χ0n) is 18.8. The van der Waals surface area contributed by atoms with E-state index in [1.165, 1.54) is 12.3 Å². The third-order valence-corrected chi connectivity index (χ3v) is 7.32. The summed E-state index contributed by atoms with van der Waals surface area (Å²) in [5, 5.41) is 0. The topological polar surface area (TPSA) is 98.9 Å². The Morgan fingerprint density at radius 1 is 1.21 bits per heavy atom. The second-order valence-corrected chi connectivity index (χ2v) is 9.75. The number of ether oxygens (including phenoxy) is 3. The molecular formula is C23H28F2N6O3. The van der Waals surface area contributed by atoms with Crippen LogP contribution in [-0.2, 0) is 9.47 Å². The van der Waals surface area contributed by atoms with Crippen molar-refractivity contribution < 1.29 is 23.0 Å². The minimum Gasteiger partial charge on any atom is -0.431 e. The highest BCUT2D eigenvalue weighted by molar-refractivity contribution is 5.68. The van der Waals surface area contributed by atoms with Crippen LogP contribution in [-0.4, -0.2) is 73.2 Å². The van der Waals surface area contributed by atoms with Gasteiger partial charge in [0, 0.05) is 49.5 Å². The molecule has 5 saturated heterocycles. The number of aromatic nitrogens is 3. The first-order valence-electron chi connectivity index (χ1n) is 11.8. The molecule has 34 heavy (non-hydrogen) atoms. The number of halogens is 2. The van der Waals surface area contributed by atoms with Gasteiger partial charge in [0.1, 0.15) is 5.82 Å². The minimum absolute atomic E-state index is 0.0916. The largest absolute Gasteiger partial charge is 0.431 e. The zero-order chi connectivity index (χ0) is 23.3. The molecule has 7 heterocycles. The van der Waals surface area contributed by atoms with E-state index in [1.807, 2.05) is 6.07 Å². The Hall–Kier alpha value is -2.79. The molecule has 0 saturated carbocycles. The number of pyridine rings is 1. The van der Waals surface area contributed by atoms with Gasteiger partial charge in [-0.15, -0.1) is 0 Å². The second kappa shape index (κ2) is 8.46. The summed E-state index contributed by atoms with van der Waals surface area (Å²) in [5.41, 5.74) is 7.05. The van der Waals surface area contributed by atoms with Crippen LogP contribution in [0.1, 0.15) is 25.7 Å². The predicted octanol–water partition coefficient (Wildman–Crippen LogP) is 2.71. The molecule has 7 rings (SSSR count). The number of piperidine rings is 1. The number of nitrogen functional groups attached to an aromatic ring is 1. The van der Waals surface area contributed by atoms with Crippen molar-refractivity contribution in [3.8, 4) is 17.0 Å². The van der Waals surface area contributed by atoms with E-state index < -0.39 is 6.61 Å². The van der Waals surface area contributed by atoms with Gasteiger partial charge in [-0.25, -0.2) is 9.97 Å². The lowest BCUT2D eigenvalue weighted by atomic mass is 9.76. The van der Waals surface area contributed by atoms with Crippen molar-refractivity contribution in [3.63, 3.8) is 0 Å². The Kier molecular flexibility index (Phi) is 5.40. The molecule has 182 valence electrons. The van der Waals surface area contributed by atoms with Gasteiger partial charge in [-0.1, -0.05) is 0 Å². The number of fused-ring (bicyclic) bond motifs is 3. The fraction of sp³-hybridized carbons (Fsp3) is 0.609. The molecule has 0 radical (unpaired) electrons. The number of alkyl halides is 2. The van der Waals surface area contributed by atoms with Gasteiger partial charge in [0.05, 0.1) is 31.1 Å². The van der Waals surface area contributed by atoms with E-state index in [9.17, 15) is 8.78 Å². The summed E-state index contributed by atoms with van der Waals surface area (Å²) in [4.78, 5) is 18.3. The van der Waals surface area contributed by atoms with Crippen molar-refractivity contribution in [2.24, 2.45) is 5.41 Å². The van der Waals surface area contributed by atoms with E-state index in [4.69, 9.17) is 25.2 Å². The third kappa shape index (κ3) is 4.00. The zero-order valence-corrected chi connectivity index (χ0v) is 18.8. The van der Waals surface area contributed by atoms with Gasteiger partial charge < -0.3 is 29.7 Å². The summed E-state index contributed by atoms with van der Waals surface area (Å²) in [6, 6.07) is 3.61. The van der Waals surface area contributed by atoms with Crippen LogP contribution >= 0.6 is 0 Å². The standard InChI is InChI=1S/C23H28F2N6O3/c24-21(25)34-18-6-14(8-27-20(18)26)17-7-19(31-9-16-3-2-15(31)10-33-16)29-22(28-17)30-11-23(12-30)4-1-5-32-13-23/h6-8,15-16,21H,1-5,9-13H2,(H2,26,27)/t15-,16-/m0/s1. The lowest BCUT2D eigenvalue weighted by Gasteiger charge is -2.52. The molecule has 0 aromatic carbocycles. The molecule has 1 spiro atoms. The molecule has 0 amide bonds. The summed E-state index contributed by atoms with van der Waals surface area (Å²) in [5.74, 6) is 1.18. The predicted molar refractivity (Wildman–Crippen MR) is 121 cm³/mol. The van der Waals surface area contributed by atoms with Gasteiger partial charge >= 0.3 is 6.61 Å². The Balaban J connectivity index is 1.35. The first kappa shape index (κ1) is 21.7. The van der Waals surface area contributed by atoms with Crippen LogP contribution in [0.5, 0.6) is 5.75 Å². The number of hydrogen-bond donors (Lipinski definition) is 1. The first-order valence-corrected chi connectivity index (χ1v) is 11.8. The van der Waals surface area contributed by atoms with Crippen molar-refractivity contribution in [2.75, 3.05) is 55.0 Å². The summed E-state index contributed by atoms with van der Waals surface area (Å²) in [6.45, 7) is 1.73. The van der Waals surface area contributed by atoms with Crippen molar-refractivity contribution in [1.29, 1.82) is 0 Å². The molecule has 2 N–H and O–H groups in total. The van der Waals surface area contributed by atoms with Crippen LogP contribution in [0.2, 0.25) is 0 Å². The molecule has 5 aliphatic heterocycles. The van der Waals surface area contributed by atoms with Crippen LogP contribution in [0.25, 0.3) is 11.3 Å². The third-order valence-electron chi connectivity index (χ3n) is 7.32. The van der Waals surface area contributed by atoms with E-state index in [2.05, 4.69) is 19.5 Å². The van der Waals surface area contributed by atoms with Crippen LogP contribution < -0.4 is 20.3 Å². The monoisotopic (exact) mass is 474 g/mol. The summed E-state index contributed by atoms with van der Waals surface area (Å²) < 4.78 is 41.9. The molecule has 11 heteroatoms. The average molecular weight is 475 g/mol. The number of hydrogen-bond acceptors (Lipinski definition) is 9. The number of rotatable bonds is 5. The fourth-order valence-corrected chi connectivity index (χ4v) is 5.54. The summed E-state index contributed by atoms with van der Waals surface area (Å²) >= 11 is 0. The van der Waals surface area contributed by atoms with Gasteiger partial charge in [-0.2, -0.15) is 13.8 Å². The van der Waals surface area contributed by atoms with Crippen molar-refractivity contribution in [1.82, 2.24) is 15.0 Å². The van der Waals surface area contributed by atoms with E-state index >= 15 is 0 Å². The van der Waals surface area contributed by atoms with E-state index in [0.717, 1.165) is 64.3 Å². The van der Waals surface area contributed by atoms with Crippen molar-refractivity contribution in [3.05, 3.63) is 18.3 Å². The van der Waals surface area contributed by atoms with Crippen LogP contribution in [0.15, 0.2) is 18.3 Å². The van der Waals surface area contributed by atoms with Gasteiger partial charge in [0.2, 0.25) is 5.95 Å². The van der Waals surface area contributed by atoms with E-state index in [0.29, 0.717) is 23.8 Å². The van der Waals surface area contributed by atoms with Gasteiger partial charge in [0.25, 0.3) is 0 Å². The summed E-state index contributed by atoms with van der Waals surface area (Å²) in [6.07, 6.45) is 6.04. The van der Waals surface area contributed by atoms with Crippen LogP contribution in [0.4, 0.5) is 26.4 Å². The quantitative estimate of drug-likeness (QED) is 0.701. The number of nitrogens with two attached hydrogens (primary N) is 1. The molecule has 5 aliphatic rings. The van der Waals surface area contributed by atoms with Gasteiger partial charge in [0.15, 0.2) is 11.6 Å². The Morgan fingerprint density at radius 3 is 2.76 bits per heavy atom. The highest BCUT2D eigenvalue weighted by atomic mass is 19.3. The minimum atomic E-state index is -2.99. The molecule has 9 nitrogen and oxygen atoms in total. The smallest absolute Gasteiger partial charge is 0.387 e. The molecule has 2 bridgehead atoms. The highest BCUT2D eigenvalue weighted by Gasteiger charge is 2.46. The maximum Gasteiger partial charge on any atom is 0.387 e. The van der Waals surface area contributed by atoms with E-state index in [1.54, 1.807) is 0 Å². The molecular weight excluding hydrogens is 446 g/mol. The number of morpholine rings is 1. The average Bonchev–Trinajstić information content (AvgIpc) is 2.84. The Bertz CT molecular complexity index is 1050. The molecule has 2 atom stereocenters. The first-order chi connectivity index (χ1) is 16.5. The normalized spacial score (nSPS) is 25.6. The van der Waals surface area contributed by atoms with Crippen molar-refractivity contribution >= 4 is 17.6 Å². The molecule has 2 aromatic heterocycles. The molecule has 5 fully saturated rings. The SMILES string of the molecule is Nc1ncc(-c2cc(N3C[C@@H]4CC[C@H]3CO4)nc(N3CC4(CCCOC4)C3)n2)cc1OC(F)F. The Morgan fingerprint density at radius 2 is 2.09 bits per heavy atom. The lowest BCUT2D eigenvalue weighted by Crippen LogP contribution is -2.60. The molecule has 0 unspecified atom stereocenters. The van der Waals surface area contributed by atoms with E-state index in [-0.39, 0.29) is 29.1 Å². The Labute approximate surface area is 196 Å².